The van der Waals surface area contributed by atoms with Crippen molar-refractivity contribution in [2.75, 3.05) is 12.4 Å². The van der Waals surface area contributed by atoms with E-state index in [1.807, 2.05) is 24.3 Å². The third-order valence-electron chi connectivity index (χ3n) is 4.40. The maximum atomic E-state index is 12.7. The summed E-state index contributed by atoms with van der Waals surface area (Å²) >= 11 is 6.00. The summed E-state index contributed by atoms with van der Waals surface area (Å²) < 4.78 is 5.24. The molecule has 0 radical (unpaired) electrons. The van der Waals surface area contributed by atoms with Crippen molar-refractivity contribution < 1.29 is 14.3 Å². The van der Waals surface area contributed by atoms with Crippen LogP contribution in [0.25, 0.3) is 11.1 Å². The quantitative estimate of drug-likeness (QED) is 0.568. The lowest BCUT2D eigenvalue weighted by atomic mass is 10.0. The Labute approximate surface area is 155 Å². The van der Waals surface area contributed by atoms with Crippen LogP contribution >= 0.6 is 11.6 Å². The lowest BCUT2D eigenvalue weighted by molar-refractivity contribution is 0.102. The van der Waals surface area contributed by atoms with E-state index in [0.717, 1.165) is 11.1 Å². The SMILES string of the molecule is COc1ccc(Cl)cc1NC(=O)c1ccc2c(c1)C(=O)c1ccccc1-2. The van der Waals surface area contributed by atoms with Crippen LogP contribution in [0.15, 0.2) is 60.7 Å². The first-order valence-electron chi connectivity index (χ1n) is 8.01. The Balaban J connectivity index is 1.68. The van der Waals surface area contributed by atoms with Gasteiger partial charge in [-0.3, -0.25) is 9.59 Å². The van der Waals surface area contributed by atoms with E-state index in [9.17, 15) is 9.59 Å². The van der Waals surface area contributed by atoms with Crippen LogP contribution in [0.4, 0.5) is 5.69 Å². The summed E-state index contributed by atoms with van der Waals surface area (Å²) in [5, 5.41) is 3.27. The fourth-order valence-electron chi connectivity index (χ4n) is 3.14. The highest BCUT2D eigenvalue weighted by molar-refractivity contribution is 6.31. The molecule has 0 heterocycles. The summed E-state index contributed by atoms with van der Waals surface area (Å²) in [5.41, 5.74) is 3.82. The molecule has 1 aliphatic carbocycles. The van der Waals surface area contributed by atoms with Crippen molar-refractivity contribution >= 4 is 29.0 Å². The van der Waals surface area contributed by atoms with Gasteiger partial charge in [-0.05, 0) is 41.5 Å². The van der Waals surface area contributed by atoms with Crippen LogP contribution in [-0.2, 0) is 0 Å². The number of rotatable bonds is 3. The average Bonchev–Trinajstić information content (AvgIpc) is 2.94. The molecule has 3 aromatic carbocycles. The molecule has 0 fully saturated rings. The topological polar surface area (TPSA) is 55.4 Å². The Morgan fingerprint density at radius 2 is 1.65 bits per heavy atom. The zero-order valence-corrected chi connectivity index (χ0v) is 14.6. The number of hydrogen-bond donors (Lipinski definition) is 1. The van der Waals surface area contributed by atoms with Crippen LogP contribution in [0.5, 0.6) is 5.75 Å². The van der Waals surface area contributed by atoms with Crippen molar-refractivity contribution in [3.8, 4) is 16.9 Å². The number of ether oxygens (including phenoxy) is 1. The molecule has 1 amide bonds. The maximum absolute atomic E-state index is 12.7. The Bertz CT molecular complexity index is 1060. The summed E-state index contributed by atoms with van der Waals surface area (Å²) in [6.45, 7) is 0. The van der Waals surface area contributed by atoms with Crippen LogP contribution in [0.2, 0.25) is 5.02 Å². The van der Waals surface area contributed by atoms with E-state index in [1.54, 1.807) is 36.4 Å². The number of anilines is 1. The second kappa shape index (κ2) is 6.32. The Morgan fingerprint density at radius 3 is 2.42 bits per heavy atom. The predicted molar refractivity (Wildman–Crippen MR) is 101 cm³/mol. The maximum Gasteiger partial charge on any atom is 0.255 e. The summed E-state index contributed by atoms with van der Waals surface area (Å²) in [6.07, 6.45) is 0. The summed E-state index contributed by atoms with van der Waals surface area (Å²) in [4.78, 5) is 25.2. The Hall–Kier alpha value is -3.11. The van der Waals surface area contributed by atoms with Crippen molar-refractivity contribution in [1.29, 1.82) is 0 Å². The van der Waals surface area contributed by atoms with Gasteiger partial charge >= 0.3 is 0 Å². The molecule has 3 aromatic rings. The Kier molecular flexibility index (Phi) is 3.98. The van der Waals surface area contributed by atoms with Gasteiger partial charge in [-0.15, -0.1) is 0 Å². The molecule has 0 saturated carbocycles. The van der Waals surface area contributed by atoms with Gasteiger partial charge in [-0.1, -0.05) is 41.9 Å². The van der Waals surface area contributed by atoms with Gasteiger partial charge in [0.2, 0.25) is 0 Å². The molecule has 0 unspecified atom stereocenters. The summed E-state index contributed by atoms with van der Waals surface area (Å²) in [7, 11) is 1.52. The van der Waals surface area contributed by atoms with Crippen molar-refractivity contribution in [1.82, 2.24) is 0 Å². The third-order valence-corrected chi connectivity index (χ3v) is 4.63. The van der Waals surface area contributed by atoms with Gasteiger partial charge in [-0.25, -0.2) is 0 Å². The summed E-state index contributed by atoms with van der Waals surface area (Å²) in [5.74, 6) is 0.107. The first-order valence-corrected chi connectivity index (χ1v) is 8.39. The molecule has 0 aliphatic heterocycles. The number of halogens is 1. The number of fused-ring (bicyclic) bond motifs is 3. The molecule has 0 saturated heterocycles. The molecule has 4 nitrogen and oxygen atoms in total. The molecule has 0 aromatic heterocycles. The Morgan fingerprint density at radius 1 is 0.923 bits per heavy atom. The van der Waals surface area contributed by atoms with E-state index in [-0.39, 0.29) is 11.7 Å². The lowest BCUT2D eigenvalue weighted by Crippen LogP contribution is -2.13. The highest BCUT2D eigenvalue weighted by atomic mass is 35.5. The summed E-state index contributed by atoms with van der Waals surface area (Å²) in [6, 6.07) is 17.6. The second-order valence-electron chi connectivity index (χ2n) is 5.93. The smallest absolute Gasteiger partial charge is 0.255 e. The number of nitrogens with one attached hydrogen (secondary N) is 1. The molecular weight excluding hydrogens is 350 g/mol. The number of carbonyl (C=O) groups excluding carboxylic acids is 2. The van der Waals surface area contributed by atoms with E-state index >= 15 is 0 Å². The average molecular weight is 364 g/mol. The standard InChI is InChI=1S/C21H14ClNO3/c1-26-19-9-7-13(22)11-18(19)23-21(25)12-6-8-15-14-4-2-3-5-16(14)20(24)17(15)10-12/h2-11H,1H3,(H,23,25). The van der Waals surface area contributed by atoms with Crippen LogP contribution in [0, 0.1) is 0 Å². The van der Waals surface area contributed by atoms with Gasteiger partial charge in [0.05, 0.1) is 12.8 Å². The largest absolute Gasteiger partial charge is 0.495 e. The molecule has 0 spiro atoms. The molecule has 0 atom stereocenters. The minimum Gasteiger partial charge on any atom is -0.495 e. The van der Waals surface area contributed by atoms with Crippen molar-refractivity contribution in [3.05, 3.63) is 82.4 Å². The number of ketones is 1. The van der Waals surface area contributed by atoms with Gasteiger partial charge in [0, 0.05) is 21.7 Å². The van der Waals surface area contributed by atoms with Gasteiger partial charge in [0.25, 0.3) is 5.91 Å². The number of hydrogen-bond acceptors (Lipinski definition) is 3. The van der Waals surface area contributed by atoms with E-state index in [2.05, 4.69) is 5.32 Å². The predicted octanol–water partition coefficient (Wildman–Crippen LogP) is 4.81. The van der Waals surface area contributed by atoms with Crippen molar-refractivity contribution in [3.63, 3.8) is 0 Å². The van der Waals surface area contributed by atoms with Crippen LogP contribution in [-0.4, -0.2) is 18.8 Å². The van der Waals surface area contributed by atoms with Crippen LogP contribution in [0.1, 0.15) is 26.3 Å². The van der Waals surface area contributed by atoms with Crippen molar-refractivity contribution in [2.45, 2.75) is 0 Å². The second-order valence-corrected chi connectivity index (χ2v) is 6.37. The first-order chi connectivity index (χ1) is 12.6. The number of methoxy groups -OCH3 is 1. The number of amides is 1. The normalized spacial score (nSPS) is 11.7. The zero-order chi connectivity index (χ0) is 18.3. The number of carbonyl (C=O) groups is 2. The minimum atomic E-state index is -0.336. The highest BCUT2D eigenvalue weighted by Gasteiger charge is 2.27. The fourth-order valence-corrected chi connectivity index (χ4v) is 3.31. The van der Waals surface area contributed by atoms with E-state index in [1.165, 1.54) is 7.11 Å². The molecule has 128 valence electrons. The molecule has 5 heteroatoms. The molecule has 4 rings (SSSR count). The highest BCUT2D eigenvalue weighted by Crippen LogP contribution is 2.37. The molecule has 1 aliphatic rings. The molecular formula is C21H14ClNO3. The van der Waals surface area contributed by atoms with Gasteiger partial charge < -0.3 is 10.1 Å². The van der Waals surface area contributed by atoms with Gasteiger partial charge in [-0.2, -0.15) is 0 Å². The molecule has 1 N–H and O–H groups in total. The van der Waals surface area contributed by atoms with Gasteiger partial charge in [0.1, 0.15) is 5.75 Å². The lowest BCUT2D eigenvalue weighted by Gasteiger charge is -2.11. The zero-order valence-electron chi connectivity index (χ0n) is 13.9. The van der Waals surface area contributed by atoms with Crippen LogP contribution in [0.3, 0.4) is 0 Å². The monoisotopic (exact) mass is 363 g/mol. The molecule has 0 bridgehead atoms. The number of benzene rings is 3. The van der Waals surface area contributed by atoms with E-state index in [4.69, 9.17) is 16.3 Å². The first kappa shape index (κ1) is 16.4. The van der Waals surface area contributed by atoms with E-state index in [0.29, 0.717) is 33.1 Å². The van der Waals surface area contributed by atoms with Gasteiger partial charge in [0.15, 0.2) is 5.78 Å². The van der Waals surface area contributed by atoms with Crippen LogP contribution < -0.4 is 10.1 Å². The third kappa shape index (κ3) is 2.65. The minimum absolute atomic E-state index is 0.0643. The molecule has 26 heavy (non-hydrogen) atoms. The van der Waals surface area contributed by atoms with Crippen molar-refractivity contribution in [2.24, 2.45) is 0 Å². The fraction of sp³-hybridized carbons (Fsp3) is 0.0476. The van der Waals surface area contributed by atoms with E-state index < -0.39 is 0 Å².